The molecule has 0 aliphatic carbocycles. The fraction of sp³-hybridized carbons (Fsp3) is 0.316. The van der Waals surface area contributed by atoms with Gasteiger partial charge in [0.05, 0.1) is 18.4 Å². The molecule has 0 amide bonds. The van der Waals surface area contributed by atoms with E-state index in [2.05, 4.69) is 29.4 Å². The second kappa shape index (κ2) is 7.70. The van der Waals surface area contributed by atoms with E-state index >= 15 is 0 Å². The molecular weight excluding hydrogens is 350 g/mol. The van der Waals surface area contributed by atoms with Gasteiger partial charge in [-0.15, -0.1) is 11.3 Å². The molecule has 3 aromatic rings. The Morgan fingerprint density at radius 1 is 1.42 bits per heavy atom. The number of fused-ring (bicyclic) bond motifs is 1. The number of hydrazone groups is 1. The van der Waals surface area contributed by atoms with Crippen LogP contribution in [-0.2, 0) is 0 Å². The summed E-state index contributed by atoms with van der Waals surface area (Å²) >= 11 is 1.39. The summed E-state index contributed by atoms with van der Waals surface area (Å²) in [5, 5.41) is 7.56. The number of thiazole rings is 1. The van der Waals surface area contributed by atoms with Crippen LogP contribution in [0.5, 0.6) is 5.75 Å². The van der Waals surface area contributed by atoms with Crippen molar-refractivity contribution in [2.45, 2.75) is 27.2 Å². The predicted molar refractivity (Wildman–Crippen MR) is 106 cm³/mol. The molecule has 2 aromatic heterocycles. The first-order valence-electron chi connectivity index (χ1n) is 8.34. The highest BCUT2D eigenvalue weighted by molar-refractivity contribution is 7.14. The number of rotatable bonds is 6. The van der Waals surface area contributed by atoms with Crippen LogP contribution in [0.25, 0.3) is 22.2 Å². The van der Waals surface area contributed by atoms with E-state index < -0.39 is 5.63 Å². The van der Waals surface area contributed by atoms with Crippen LogP contribution in [0.3, 0.4) is 0 Å². The first-order chi connectivity index (χ1) is 12.5. The Morgan fingerprint density at radius 3 is 2.96 bits per heavy atom. The molecule has 0 spiro atoms. The highest BCUT2D eigenvalue weighted by Crippen LogP contribution is 2.29. The number of nitrogens with zero attached hydrogens (tertiary/aromatic N) is 2. The van der Waals surface area contributed by atoms with Crippen LogP contribution >= 0.6 is 11.3 Å². The van der Waals surface area contributed by atoms with Gasteiger partial charge < -0.3 is 9.15 Å². The van der Waals surface area contributed by atoms with Gasteiger partial charge >= 0.3 is 5.63 Å². The lowest BCUT2D eigenvalue weighted by Crippen LogP contribution is -2.04. The van der Waals surface area contributed by atoms with Gasteiger partial charge in [-0.05, 0) is 31.4 Å². The van der Waals surface area contributed by atoms with Crippen molar-refractivity contribution in [3.63, 3.8) is 0 Å². The van der Waals surface area contributed by atoms with E-state index in [0.29, 0.717) is 33.6 Å². The summed E-state index contributed by atoms with van der Waals surface area (Å²) in [7, 11) is 1.54. The van der Waals surface area contributed by atoms with Crippen LogP contribution in [-0.4, -0.2) is 17.8 Å². The summed E-state index contributed by atoms with van der Waals surface area (Å²) in [6, 6.07) is 7.25. The summed E-state index contributed by atoms with van der Waals surface area (Å²) in [6.07, 6.45) is 0.918. The molecule has 7 heteroatoms. The average molecular weight is 371 g/mol. The number of ether oxygens (including phenoxy) is 1. The number of nitrogens with one attached hydrogen (secondary N) is 1. The molecule has 0 aliphatic heterocycles. The van der Waals surface area contributed by atoms with Gasteiger partial charge in [0.15, 0.2) is 11.3 Å². The van der Waals surface area contributed by atoms with E-state index in [0.717, 1.165) is 17.5 Å². The first kappa shape index (κ1) is 18.1. The Balaban J connectivity index is 1.90. The highest BCUT2D eigenvalue weighted by atomic mass is 32.1. The summed E-state index contributed by atoms with van der Waals surface area (Å²) in [6.45, 7) is 6.27. The minimum atomic E-state index is -0.446. The predicted octanol–water partition coefficient (Wildman–Crippen LogP) is 4.76. The summed E-state index contributed by atoms with van der Waals surface area (Å²) in [5.41, 5.74) is 4.93. The van der Waals surface area contributed by atoms with Crippen molar-refractivity contribution < 1.29 is 9.15 Å². The maximum absolute atomic E-state index is 12.4. The zero-order valence-corrected chi connectivity index (χ0v) is 16.0. The van der Waals surface area contributed by atoms with Crippen LogP contribution in [0, 0.1) is 5.92 Å². The monoisotopic (exact) mass is 371 g/mol. The highest BCUT2D eigenvalue weighted by Gasteiger charge is 2.13. The molecular formula is C19H21N3O3S. The summed E-state index contributed by atoms with van der Waals surface area (Å²) in [4.78, 5) is 16.8. The van der Waals surface area contributed by atoms with Gasteiger partial charge in [0.1, 0.15) is 0 Å². The molecule has 1 aromatic carbocycles. The Labute approximate surface area is 155 Å². The van der Waals surface area contributed by atoms with E-state index in [4.69, 9.17) is 9.15 Å². The van der Waals surface area contributed by atoms with E-state index in [9.17, 15) is 4.79 Å². The average Bonchev–Trinajstić information content (AvgIpc) is 3.07. The van der Waals surface area contributed by atoms with Gasteiger partial charge in [-0.3, -0.25) is 5.43 Å². The number of anilines is 1. The second-order valence-corrected chi connectivity index (χ2v) is 7.28. The molecule has 2 heterocycles. The van der Waals surface area contributed by atoms with Gasteiger partial charge in [0.25, 0.3) is 0 Å². The molecule has 0 fully saturated rings. The topological polar surface area (TPSA) is 76.7 Å². The Bertz CT molecular complexity index is 1000. The molecule has 0 saturated carbocycles. The number of methoxy groups -OCH3 is 1. The van der Waals surface area contributed by atoms with Crippen LogP contribution in [0.15, 0.2) is 44.0 Å². The molecule has 0 radical (unpaired) electrons. The number of hydrogen-bond acceptors (Lipinski definition) is 7. The third kappa shape index (κ3) is 3.94. The van der Waals surface area contributed by atoms with Crippen LogP contribution in [0.4, 0.5) is 5.13 Å². The smallest absolute Gasteiger partial charge is 0.345 e. The van der Waals surface area contributed by atoms with Crippen molar-refractivity contribution in [2.75, 3.05) is 12.5 Å². The summed E-state index contributed by atoms with van der Waals surface area (Å²) < 4.78 is 10.7. The minimum Gasteiger partial charge on any atom is -0.493 e. The number of aromatic nitrogens is 1. The van der Waals surface area contributed by atoms with Gasteiger partial charge in [0, 0.05) is 16.5 Å². The molecule has 0 aliphatic rings. The van der Waals surface area contributed by atoms with Crippen molar-refractivity contribution >= 4 is 33.1 Å². The lowest BCUT2D eigenvalue weighted by atomic mass is 10.1. The quantitative estimate of drug-likeness (QED) is 0.384. The van der Waals surface area contributed by atoms with E-state index in [-0.39, 0.29) is 0 Å². The van der Waals surface area contributed by atoms with Crippen LogP contribution in [0.2, 0.25) is 0 Å². The van der Waals surface area contributed by atoms with Crippen molar-refractivity contribution in [2.24, 2.45) is 11.0 Å². The Hall–Kier alpha value is -2.67. The molecule has 3 rings (SSSR count). The van der Waals surface area contributed by atoms with Gasteiger partial charge in [0.2, 0.25) is 5.13 Å². The maximum Gasteiger partial charge on any atom is 0.345 e. The van der Waals surface area contributed by atoms with E-state index in [1.165, 1.54) is 11.3 Å². The standard InChI is InChI=1S/C19H21N3O3S/c1-11(2)8-12(3)21-22-19-20-15(10-26-19)14-9-13-6-5-7-16(24-4)17(13)25-18(14)23/h5-7,9-11H,8H2,1-4H3,(H,20,22)/b21-12+. The summed E-state index contributed by atoms with van der Waals surface area (Å²) in [5.74, 6) is 1.08. The molecule has 0 bridgehead atoms. The number of hydrogen-bond donors (Lipinski definition) is 1. The lowest BCUT2D eigenvalue weighted by Gasteiger charge is -2.04. The van der Waals surface area contributed by atoms with Crippen LogP contribution in [0.1, 0.15) is 27.2 Å². The third-order valence-electron chi connectivity index (χ3n) is 3.77. The molecule has 1 N–H and O–H groups in total. The fourth-order valence-corrected chi connectivity index (χ4v) is 3.34. The van der Waals surface area contributed by atoms with Gasteiger partial charge in [-0.1, -0.05) is 26.0 Å². The largest absolute Gasteiger partial charge is 0.493 e. The Morgan fingerprint density at radius 2 is 2.23 bits per heavy atom. The normalized spacial score (nSPS) is 12.0. The van der Waals surface area contributed by atoms with Crippen LogP contribution < -0.4 is 15.8 Å². The molecule has 26 heavy (non-hydrogen) atoms. The first-order valence-corrected chi connectivity index (χ1v) is 9.22. The zero-order valence-electron chi connectivity index (χ0n) is 15.2. The molecule has 0 unspecified atom stereocenters. The van der Waals surface area contributed by atoms with Crippen molar-refractivity contribution in [1.29, 1.82) is 0 Å². The minimum absolute atomic E-state index is 0.415. The molecule has 136 valence electrons. The van der Waals surface area contributed by atoms with Gasteiger partial charge in [-0.2, -0.15) is 5.10 Å². The van der Waals surface area contributed by atoms with Gasteiger partial charge in [-0.25, -0.2) is 9.78 Å². The van der Waals surface area contributed by atoms with E-state index in [1.54, 1.807) is 19.2 Å². The molecule has 6 nitrogen and oxygen atoms in total. The van der Waals surface area contributed by atoms with E-state index in [1.807, 2.05) is 24.4 Å². The second-order valence-electron chi connectivity index (χ2n) is 6.42. The van der Waals surface area contributed by atoms with Crippen molar-refractivity contribution in [3.8, 4) is 17.0 Å². The Kier molecular flexibility index (Phi) is 5.37. The van der Waals surface area contributed by atoms with Crippen molar-refractivity contribution in [1.82, 2.24) is 4.98 Å². The SMILES string of the molecule is COc1cccc2cc(-c3csc(N/N=C(\C)CC(C)C)n3)c(=O)oc12. The molecule has 0 saturated heterocycles. The molecule has 0 atom stereocenters. The third-order valence-corrected chi connectivity index (χ3v) is 4.52. The fourth-order valence-electron chi connectivity index (χ4n) is 2.69. The lowest BCUT2D eigenvalue weighted by molar-refractivity contribution is 0.407. The zero-order chi connectivity index (χ0) is 18.7. The number of benzene rings is 1. The van der Waals surface area contributed by atoms with Crippen molar-refractivity contribution in [3.05, 3.63) is 40.1 Å². The number of para-hydroxylation sites is 1. The maximum atomic E-state index is 12.4.